The molecule has 2 aromatic rings. The number of primary amides is 1. The summed E-state index contributed by atoms with van der Waals surface area (Å²) in [5, 5.41) is 5.17. The number of nitrogens with two attached hydrogens (primary N) is 1. The molecule has 2 rings (SSSR count). The highest BCUT2D eigenvalue weighted by molar-refractivity contribution is 14.1. The second-order valence-corrected chi connectivity index (χ2v) is 7.62. The van der Waals surface area contributed by atoms with Crippen molar-refractivity contribution in [1.29, 1.82) is 0 Å². The van der Waals surface area contributed by atoms with Crippen molar-refractivity contribution in [2.45, 2.75) is 31.8 Å². The van der Waals surface area contributed by atoms with Gasteiger partial charge in [0.25, 0.3) is 0 Å². The van der Waals surface area contributed by atoms with Crippen LogP contribution in [0.15, 0.2) is 48.5 Å². The zero-order valence-corrected chi connectivity index (χ0v) is 17.4. The molecule has 0 heterocycles. The third kappa shape index (κ3) is 6.91. The summed E-state index contributed by atoms with van der Waals surface area (Å²) in [7, 11) is 0. The average Bonchev–Trinajstić information content (AvgIpc) is 2.63. The molecule has 0 radical (unpaired) electrons. The number of hydrogen-bond acceptors (Lipinski definition) is 3. The molecule has 8 heteroatoms. The summed E-state index contributed by atoms with van der Waals surface area (Å²) >= 11 is 2.17. The van der Waals surface area contributed by atoms with Gasteiger partial charge in [-0.2, -0.15) is 0 Å². The maximum Gasteiger partial charge on any atom is 0.243 e. The van der Waals surface area contributed by atoms with Gasteiger partial charge >= 0.3 is 0 Å². The summed E-state index contributed by atoms with van der Waals surface area (Å²) in [6.45, 7) is 1.29. The highest BCUT2D eigenvalue weighted by atomic mass is 127. The Balaban J connectivity index is 2.11. The van der Waals surface area contributed by atoms with Crippen molar-refractivity contribution in [3.05, 3.63) is 69.0 Å². The van der Waals surface area contributed by atoms with Crippen molar-refractivity contribution in [3.8, 4) is 0 Å². The Labute approximate surface area is 176 Å². The Morgan fingerprint density at radius 2 is 1.43 bits per heavy atom. The lowest BCUT2D eigenvalue weighted by atomic mass is 10.0. The van der Waals surface area contributed by atoms with E-state index in [2.05, 4.69) is 33.2 Å². The van der Waals surface area contributed by atoms with Gasteiger partial charge in [0, 0.05) is 23.3 Å². The highest BCUT2D eigenvalue weighted by Gasteiger charge is 2.25. The van der Waals surface area contributed by atoms with E-state index in [1.165, 1.54) is 31.2 Å². The number of halogens is 2. The van der Waals surface area contributed by atoms with Gasteiger partial charge in [-0.05, 0) is 58.0 Å². The van der Waals surface area contributed by atoms with E-state index in [9.17, 15) is 18.8 Å². The van der Waals surface area contributed by atoms with Crippen LogP contribution in [0.2, 0.25) is 0 Å². The fourth-order valence-electron chi connectivity index (χ4n) is 2.66. The van der Waals surface area contributed by atoms with Gasteiger partial charge in [0.05, 0.1) is 0 Å². The van der Waals surface area contributed by atoms with E-state index in [1.807, 2.05) is 24.3 Å². The van der Waals surface area contributed by atoms with Crippen molar-refractivity contribution in [1.82, 2.24) is 10.6 Å². The topological polar surface area (TPSA) is 101 Å². The number of carbonyl (C=O) groups excluding carboxylic acids is 3. The Morgan fingerprint density at radius 3 is 1.93 bits per heavy atom. The Morgan fingerprint density at radius 1 is 0.929 bits per heavy atom. The lowest BCUT2D eigenvalue weighted by Crippen LogP contribution is -2.54. The predicted octanol–water partition coefficient (Wildman–Crippen LogP) is 1.69. The summed E-state index contributed by atoms with van der Waals surface area (Å²) in [5.74, 6) is -1.99. The average molecular weight is 497 g/mol. The molecule has 4 N–H and O–H groups in total. The number of benzene rings is 2. The smallest absolute Gasteiger partial charge is 0.243 e. The lowest BCUT2D eigenvalue weighted by Gasteiger charge is -2.22. The van der Waals surface area contributed by atoms with Gasteiger partial charge in [0.1, 0.15) is 17.9 Å². The summed E-state index contributed by atoms with van der Waals surface area (Å²) in [6, 6.07) is 11.3. The van der Waals surface area contributed by atoms with E-state index in [0.29, 0.717) is 5.56 Å². The van der Waals surface area contributed by atoms with Gasteiger partial charge in [-0.25, -0.2) is 4.39 Å². The summed E-state index contributed by atoms with van der Waals surface area (Å²) in [5.41, 5.74) is 6.97. The van der Waals surface area contributed by atoms with E-state index < -0.39 is 35.6 Å². The normalized spacial score (nSPS) is 12.7. The second-order valence-electron chi connectivity index (χ2n) is 6.38. The number of amides is 3. The SMILES string of the molecule is CC(=O)N[C@H](Cc1ccc(F)cc1)C(=O)N[C@H](Cc1ccc(I)cc1)C(N)=O. The molecule has 0 fully saturated rings. The van der Waals surface area contributed by atoms with E-state index in [0.717, 1.165) is 9.13 Å². The first-order chi connectivity index (χ1) is 13.2. The third-order valence-electron chi connectivity index (χ3n) is 4.06. The van der Waals surface area contributed by atoms with Crippen LogP contribution in [0, 0.1) is 9.39 Å². The molecule has 2 aromatic carbocycles. The van der Waals surface area contributed by atoms with Crippen LogP contribution in [0.1, 0.15) is 18.1 Å². The van der Waals surface area contributed by atoms with Crippen LogP contribution in [-0.4, -0.2) is 29.8 Å². The molecule has 28 heavy (non-hydrogen) atoms. The molecule has 0 unspecified atom stereocenters. The second kappa shape index (κ2) is 10.2. The van der Waals surface area contributed by atoms with Gasteiger partial charge in [0.15, 0.2) is 0 Å². The van der Waals surface area contributed by atoms with Crippen molar-refractivity contribution in [2.24, 2.45) is 5.73 Å². The minimum atomic E-state index is -0.919. The fourth-order valence-corrected chi connectivity index (χ4v) is 3.02. The zero-order valence-electron chi connectivity index (χ0n) is 15.2. The molecule has 0 saturated carbocycles. The molecule has 148 valence electrons. The molecule has 0 aliphatic rings. The minimum Gasteiger partial charge on any atom is -0.368 e. The maximum atomic E-state index is 13.1. The fraction of sp³-hybridized carbons (Fsp3) is 0.250. The molecule has 2 atom stereocenters. The van der Waals surface area contributed by atoms with Crippen molar-refractivity contribution < 1.29 is 18.8 Å². The largest absolute Gasteiger partial charge is 0.368 e. The summed E-state index contributed by atoms with van der Waals surface area (Å²) < 4.78 is 14.1. The minimum absolute atomic E-state index is 0.153. The lowest BCUT2D eigenvalue weighted by molar-refractivity contribution is -0.130. The molecule has 6 nitrogen and oxygen atoms in total. The maximum absolute atomic E-state index is 13.1. The molecule has 0 spiro atoms. The van der Waals surface area contributed by atoms with Crippen LogP contribution >= 0.6 is 22.6 Å². The monoisotopic (exact) mass is 497 g/mol. The van der Waals surface area contributed by atoms with Gasteiger partial charge < -0.3 is 16.4 Å². The number of carbonyl (C=O) groups is 3. The molecule has 0 aliphatic carbocycles. The van der Waals surface area contributed by atoms with Gasteiger partial charge in [-0.3, -0.25) is 14.4 Å². The molecular weight excluding hydrogens is 476 g/mol. The first-order valence-electron chi connectivity index (χ1n) is 8.60. The van der Waals surface area contributed by atoms with Crippen LogP contribution in [0.3, 0.4) is 0 Å². The first kappa shape index (κ1) is 21.8. The van der Waals surface area contributed by atoms with Crippen molar-refractivity contribution >= 4 is 40.3 Å². The predicted molar refractivity (Wildman–Crippen MR) is 112 cm³/mol. The Bertz CT molecular complexity index is 841. The van der Waals surface area contributed by atoms with Crippen LogP contribution in [0.5, 0.6) is 0 Å². The van der Waals surface area contributed by atoms with E-state index in [4.69, 9.17) is 5.73 Å². The zero-order chi connectivity index (χ0) is 20.7. The molecule has 3 amide bonds. The quantitative estimate of drug-likeness (QED) is 0.484. The van der Waals surface area contributed by atoms with Crippen molar-refractivity contribution in [3.63, 3.8) is 0 Å². The third-order valence-corrected chi connectivity index (χ3v) is 4.78. The van der Waals surface area contributed by atoms with Gasteiger partial charge in [-0.15, -0.1) is 0 Å². The van der Waals surface area contributed by atoms with Crippen LogP contribution in [0.4, 0.5) is 4.39 Å². The number of rotatable bonds is 8. The molecule has 0 saturated heterocycles. The number of hydrogen-bond donors (Lipinski definition) is 3. The van der Waals surface area contributed by atoms with Crippen LogP contribution in [0.25, 0.3) is 0 Å². The van der Waals surface area contributed by atoms with E-state index in [-0.39, 0.29) is 12.8 Å². The summed E-state index contributed by atoms with van der Waals surface area (Å²) in [4.78, 5) is 36.0. The van der Waals surface area contributed by atoms with Gasteiger partial charge in [0.2, 0.25) is 17.7 Å². The number of nitrogens with one attached hydrogen (secondary N) is 2. The molecule has 0 bridgehead atoms. The molecule has 0 aliphatic heterocycles. The standard InChI is InChI=1S/C20H21FIN3O3/c1-12(26)24-18(11-13-2-6-15(21)7-3-13)20(28)25-17(19(23)27)10-14-4-8-16(22)9-5-14/h2-9,17-18H,10-11H2,1H3,(H2,23,27)(H,24,26)(H,25,28)/t17-,18-/m1/s1. The van der Waals surface area contributed by atoms with Crippen molar-refractivity contribution in [2.75, 3.05) is 0 Å². The van der Waals surface area contributed by atoms with E-state index in [1.54, 1.807) is 0 Å². The Hall–Kier alpha value is -2.49. The van der Waals surface area contributed by atoms with Crippen LogP contribution in [-0.2, 0) is 27.2 Å². The Kier molecular flexibility index (Phi) is 7.91. The summed E-state index contributed by atoms with van der Waals surface area (Å²) in [6.07, 6.45) is 0.391. The molecule has 0 aromatic heterocycles. The van der Waals surface area contributed by atoms with Crippen LogP contribution < -0.4 is 16.4 Å². The van der Waals surface area contributed by atoms with Gasteiger partial charge in [-0.1, -0.05) is 24.3 Å². The first-order valence-corrected chi connectivity index (χ1v) is 9.68. The highest BCUT2D eigenvalue weighted by Crippen LogP contribution is 2.10. The van der Waals surface area contributed by atoms with E-state index >= 15 is 0 Å². The molecular formula is C20H21FIN3O3.